The maximum Gasteiger partial charge on any atom is 0.306 e. The Kier molecular flexibility index (Phi) is 5.97. The molecule has 0 aliphatic carbocycles. The molecular formula is C12H24O4. The van der Waals surface area contributed by atoms with Gasteiger partial charge in [0.1, 0.15) is 0 Å². The Morgan fingerprint density at radius 1 is 1.12 bits per heavy atom. The molecule has 0 heterocycles. The lowest BCUT2D eigenvalue weighted by Crippen LogP contribution is -2.25. The minimum Gasteiger partial charge on any atom is -0.481 e. The van der Waals surface area contributed by atoms with Crippen molar-refractivity contribution in [2.75, 3.05) is 0 Å². The maximum absolute atomic E-state index is 10.6. The number of aliphatic hydroxyl groups excluding tert-OH is 2. The predicted octanol–water partition coefficient (Wildman–Crippen LogP) is 1.65. The quantitative estimate of drug-likeness (QED) is 0.650. The third-order valence-electron chi connectivity index (χ3n) is 2.44. The Hall–Kier alpha value is -0.610. The summed E-state index contributed by atoms with van der Waals surface area (Å²) < 4.78 is 0. The highest BCUT2D eigenvalue weighted by molar-refractivity contribution is 5.69. The van der Waals surface area contributed by atoms with Crippen molar-refractivity contribution in [1.29, 1.82) is 0 Å². The van der Waals surface area contributed by atoms with Crippen molar-refractivity contribution in [3.8, 4) is 0 Å². The summed E-state index contributed by atoms with van der Waals surface area (Å²) in [6.45, 7) is 7.61. The topological polar surface area (TPSA) is 77.8 Å². The van der Waals surface area contributed by atoms with Crippen molar-refractivity contribution in [3.05, 3.63) is 0 Å². The van der Waals surface area contributed by atoms with Gasteiger partial charge in [0, 0.05) is 0 Å². The molecule has 0 aliphatic heterocycles. The van der Waals surface area contributed by atoms with Crippen molar-refractivity contribution in [2.45, 2.75) is 59.2 Å². The number of hydrogen-bond acceptors (Lipinski definition) is 3. The van der Waals surface area contributed by atoms with Gasteiger partial charge in [0.15, 0.2) is 0 Å². The molecule has 0 radical (unpaired) electrons. The minimum atomic E-state index is -0.913. The van der Waals surface area contributed by atoms with Gasteiger partial charge in [0.2, 0.25) is 0 Å². The van der Waals surface area contributed by atoms with Crippen molar-refractivity contribution < 1.29 is 20.1 Å². The van der Waals surface area contributed by atoms with Crippen molar-refractivity contribution in [2.24, 2.45) is 11.3 Å². The van der Waals surface area contributed by atoms with Crippen LogP contribution in [-0.2, 0) is 4.79 Å². The second-order valence-electron chi connectivity index (χ2n) is 5.78. The van der Waals surface area contributed by atoms with E-state index in [1.54, 1.807) is 6.92 Å². The number of aliphatic hydroxyl groups is 2. The zero-order valence-electron chi connectivity index (χ0n) is 10.6. The molecule has 0 amide bonds. The Bertz CT molecular complexity index is 220. The lowest BCUT2D eigenvalue weighted by atomic mass is 9.86. The number of carbonyl (C=O) groups is 1. The van der Waals surface area contributed by atoms with Gasteiger partial charge in [0.25, 0.3) is 0 Å². The molecule has 0 aromatic rings. The molecule has 3 atom stereocenters. The monoisotopic (exact) mass is 232 g/mol. The smallest absolute Gasteiger partial charge is 0.306 e. The van der Waals surface area contributed by atoms with Gasteiger partial charge >= 0.3 is 5.97 Å². The van der Waals surface area contributed by atoms with Gasteiger partial charge in [-0.2, -0.15) is 0 Å². The van der Waals surface area contributed by atoms with E-state index in [-0.39, 0.29) is 18.3 Å². The van der Waals surface area contributed by atoms with Gasteiger partial charge in [0.05, 0.1) is 18.1 Å². The molecule has 0 aromatic heterocycles. The molecule has 0 bridgehead atoms. The van der Waals surface area contributed by atoms with Gasteiger partial charge in [-0.25, -0.2) is 0 Å². The van der Waals surface area contributed by atoms with E-state index in [2.05, 4.69) is 0 Å². The van der Waals surface area contributed by atoms with E-state index < -0.39 is 24.1 Å². The molecule has 0 fully saturated rings. The number of carboxylic acid groups (broad SMARTS) is 1. The van der Waals surface area contributed by atoms with Crippen LogP contribution in [-0.4, -0.2) is 33.5 Å². The van der Waals surface area contributed by atoms with E-state index in [1.807, 2.05) is 20.8 Å². The van der Waals surface area contributed by atoms with E-state index in [0.717, 1.165) is 0 Å². The number of rotatable bonds is 6. The first-order valence-corrected chi connectivity index (χ1v) is 5.70. The molecule has 4 nitrogen and oxygen atoms in total. The molecule has 4 heteroatoms. The third-order valence-corrected chi connectivity index (χ3v) is 2.44. The van der Waals surface area contributed by atoms with Gasteiger partial charge in [-0.3, -0.25) is 4.79 Å². The lowest BCUT2D eigenvalue weighted by molar-refractivity contribution is -0.142. The maximum atomic E-state index is 10.6. The molecule has 0 saturated heterocycles. The van der Waals surface area contributed by atoms with Gasteiger partial charge in [-0.15, -0.1) is 0 Å². The van der Waals surface area contributed by atoms with Crippen LogP contribution in [0.15, 0.2) is 0 Å². The van der Waals surface area contributed by atoms with Crippen molar-refractivity contribution in [1.82, 2.24) is 0 Å². The summed E-state index contributed by atoms with van der Waals surface area (Å²) in [4.78, 5) is 10.6. The third kappa shape index (κ3) is 7.65. The fourth-order valence-electron chi connectivity index (χ4n) is 1.71. The largest absolute Gasteiger partial charge is 0.481 e. The summed E-state index contributed by atoms with van der Waals surface area (Å²) in [6, 6.07) is 0. The van der Waals surface area contributed by atoms with Gasteiger partial charge in [-0.1, -0.05) is 27.7 Å². The zero-order chi connectivity index (χ0) is 12.9. The van der Waals surface area contributed by atoms with Gasteiger partial charge in [-0.05, 0) is 24.7 Å². The summed E-state index contributed by atoms with van der Waals surface area (Å²) in [7, 11) is 0. The van der Waals surface area contributed by atoms with E-state index >= 15 is 0 Å². The van der Waals surface area contributed by atoms with E-state index in [4.69, 9.17) is 5.11 Å². The molecule has 3 unspecified atom stereocenters. The summed E-state index contributed by atoms with van der Waals surface area (Å²) in [6.07, 6.45) is -0.281. The molecular weight excluding hydrogens is 208 g/mol. The predicted molar refractivity (Wildman–Crippen MR) is 62.1 cm³/mol. The highest BCUT2D eigenvalue weighted by Crippen LogP contribution is 2.23. The van der Waals surface area contributed by atoms with Crippen LogP contribution in [0, 0.1) is 11.3 Å². The van der Waals surface area contributed by atoms with Crippen LogP contribution in [0.25, 0.3) is 0 Å². The minimum absolute atomic E-state index is 0.0115. The average Bonchev–Trinajstić information content (AvgIpc) is 1.98. The SMILES string of the molecule is CC(CC(O)CC(O)CC(C)(C)C)C(=O)O. The van der Waals surface area contributed by atoms with Crippen LogP contribution in [0.5, 0.6) is 0 Å². The lowest BCUT2D eigenvalue weighted by Gasteiger charge is -2.24. The van der Waals surface area contributed by atoms with Crippen LogP contribution < -0.4 is 0 Å². The van der Waals surface area contributed by atoms with Gasteiger partial charge < -0.3 is 15.3 Å². The first kappa shape index (κ1) is 15.4. The fourth-order valence-corrected chi connectivity index (χ4v) is 1.71. The molecule has 96 valence electrons. The molecule has 0 aliphatic rings. The molecule has 3 N–H and O–H groups in total. The fraction of sp³-hybridized carbons (Fsp3) is 0.917. The number of aliphatic carboxylic acids is 1. The summed E-state index contributed by atoms with van der Waals surface area (Å²) >= 11 is 0. The van der Waals surface area contributed by atoms with Crippen LogP contribution >= 0.6 is 0 Å². The van der Waals surface area contributed by atoms with Crippen LogP contribution in [0.1, 0.15) is 47.0 Å². The second-order valence-corrected chi connectivity index (χ2v) is 5.78. The second kappa shape index (κ2) is 6.21. The molecule has 0 spiro atoms. The van der Waals surface area contributed by atoms with Crippen LogP contribution in [0.3, 0.4) is 0 Å². The first-order valence-electron chi connectivity index (χ1n) is 5.70. The van der Waals surface area contributed by atoms with Crippen LogP contribution in [0.2, 0.25) is 0 Å². The standard InChI is InChI=1S/C12H24O4/c1-8(11(15)16)5-9(13)6-10(14)7-12(2,3)4/h8-10,13-14H,5-7H2,1-4H3,(H,15,16). The number of carboxylic acids is 1. The normalized spacial score (nSPS) is 17.9. The summed E-state index contributed by atoms with van der Waals surface area (Å²) in [5, 5.41) is 28.0. The van der Waals surface area contributed by atoms with Crippen LogP contribution in [0.4, 0.5) is 0 Å². The first-order chi connectivity index (χ1) is 7.11. The molecule has 0 aromatic carbocycles. The highest BCUT2D eigenvalue weighted by atomic mass is 16.4. The van der Waals surface area contributed by atoms with Crippen molar-refractivity contribution >= 4 is 5.97 Å². The zero-order valence-corrected chi connectivity index (χ0v) is 10.6. The summed E-state index contributed by atoms with van der Waals surface area (Å²) in [5.74, 6) is -1.49. The molecule has 0 rings (SSSR count). The average molecular weight is 232 g/mol. The molecule has 0 saturated carbocycles. The Morgan fingerprint density at radius 2 is 1.62 bits per heavy atom. The Morgan fingerprint density at radius 3 is 2.00 bits per heavy atom. The summed E-state index contributed by atoms with van der Waals surface area (Å²) in [5.41, 5.74) is 0.0115. The van der Waals surface area contributed by atoms with E-state index in [1.165, 1.54) is 0 Å². The van der Waals surface area contributed by atoms with E-state index in [0.29, 0.717) is 6.42 Å². The molecule has 16 heavy (non-hydrogen) atoms. The van der Waals surface area contributed by atoms with Crippen molar-refractivity contribution in [3.63, 3.8) is 0 Å². The highest BCUT2D eigenvalue weighted by Gasteiger charge is 2.22. The van der Waals surface area contributed by atoms with E-state index in [9.17, 15) is 15.0 Å². The Labute approximate surface area is 97.3 Å². The number of hydrogen-bond donors (Lipinski definition) is 3. The Balaban J connectivity index is 3.96.